The summed E-state index contributed by atoms with van der Waals surface area (Å²) in [5.74, 6) is -5.41. The number of aromatic nitrogens is 4. The predicted octanol–water partition coefficient (Wildman–Crippen LogP) is -1.52. The molecule has 198 valence electrons. The minimum absolute atomic E-state index is 0.113. The quantitative estimate of drug-likeness (QED) is 0.136. The number of primary amides is 1. The van der Waals surface area contributed by atoms with Crippen LogP contribution in [0.15, 0.2) is 16.4 Å². The van der Waals surface area contributed by atoms with Crippen LogP contribution in [0.4, 0.5) is 18.0 Å². The van der Waals surface area contributed by atoms with Gasteiger partial charge in [-0.2, -0.15) is 13.2 Å². The topological polar surface area (TPSA) is 208 Å². The number of thioether (sulfide) groups is 2. The van der Waals surface area contributed by atoms with Crippen molar-refractivity contribution in [2.45, 2.75) is 29.3 Å². The van der Waals surface area contributed by atoms with E-state index in [2.05, 4.69) is 26.2 Å². The summed E-state index contributed by atoms with van der Waals surface area (Å²) < 4.78 is 49.8. The second-order valence-electron chi connectivity index (χ2n) is 7.32. The molecule has 0 bridgehead atoms. The molecule has 2 aliphatic heterocycles. The first-order chi connectivity index (χ1) is 16.9. The van der Waals surface area contributed by atoms with Gasteiger partial charge in [-0.05, 0) is 27.2 Å². The highest BCUT2D eigenvalue weighted by Crippen LogP contribution is 2.41. The van der Waals surface area contributed by atoms with Crippen LogP contribution < -0.4 is 16.4 Å². The first-order valence-corrected chi connectivity index (χ1v) is 13.4. The number of urea groups is 1. The molecular formula is C16H19F3N8O6S3. The maximum absolute atomic E-state index is 12.6. The Hall–Kier alpha value is -2.71. The van der Waals surface area contributed by atoms with Crippen molar-refractivity contribution < 1.29 is 42.0 Å². The van der Waals surface area contributed by atoms with Gasteiger partial charge in [0, 0.05) is 18.1 Å². The lowest BCUT2D eigenvalue weighted by molar-refractivity contribution is -0.150. The third-order valence-corrected chi connectivity index (χ3v) is 8.30. The van der Waals surface area contributed by atoms with E-state index in [4.69, 9.17) is 5.73 Å². The minimum atomic E-state index is -4.70. The largest absolute Gasteiger partial charge is 0.616 e. The molecule has 20 heteroatoms. The highest BCUT2D eigenvalue weighted by Gasteiger charge is 2.54. The molecule has 4 amide bonds. The van der Waals surface area contributed by atoms with Crippen LogP contribution in [-0.4, -0.2) is 106 Å². The van der Waals surface area contributed by atoms with Gasteiger partial charge in [0.05, 0.1) is 6.54 Å². The zero-order valence-corrected chi connectivity index (χ0v) is 20.5. The van der Waals surface area contributed by atoms with Gasteiger partial charge in [-0.3, -0.25) is 14.5 Å². The second-order valence-corrected chi connectivity index (χ2v) is 10.8. The van der Waals surface area contributed by atoms with Gasteiger partial charge in [-0.15, -0.1) is 16.9 Å². The summed E-state index contributed by atoms with van der Waals surface area (Å²) in [5.41, 5.74) is 5.12. The van der Waals surface area contributed by atoms with E-state index in [0.717, 1.165) is 28.4 Å². The summed E-state index contributed by atoms with van der Waals surface area (Å²) in [4.78, 5) is 48.3. The summed E-state index contributed by atoms with van der Waals surface area (Å²) in [5, 5.41) is 25.1. The number of β-lactam (4-membered cyclic amide) rings is 1. The van der Waals surface area contributed by atoms with Gasteiger partial charge in [0.25, 0.3) is 11.8 Å². The first kappa shape index (κ1) is 27.9. The van der Waals surface area contributed by atoms with E-state index >= 15 is 0 Å². The molecule has 5 N–H and O–H groups in total. The van der Waals surface area contributed by atoms with Crippen LogP contribution in [0.25, 0.3) is 0 Å². The molecule has 3 rings (SSSR count). The number of hydrogen-bond donors (Lipinski definition) is 4. The van der Waals surface area contributed by atoms with Crippen LogP contribution >= 0.6 is 23.5 Å². The van der Waals surface area contributed by atoms with Crippen molar-refractivity contribution in [2.75, 3.05) is 29.6 Å². The van der Waals surface area contributed by atoms with Crippen LogP contribution in [0.3, 0.4) is 0 Å². The zero-order valence-electron chi connectivity index (χ0n) is 18.1. The molecule has 1 fully saturated rings. The van der Waals surface area contributed by atoms with Crippen LogP contribution in [0.1, 0.15) is 0 Å². The van der Waals surface area contributed by atoms with Crippen LogP contribution in [0.5, 0.6) is 0 Å². The van der Waals surface area contributed by atoms with E-state index in [1.54, 1.807) is 0 Å². The smallest absolute Gasteiger partial charge is 0.433 e. The Balaban J connectivity index is 1.62. The number of fused-ring (bicyclic) bond motifs is 1. The minimum Gasteiger partial charge on any atom is -0.616 e. The van der Waals surface area contributed by atoms with Gasteiger partial charge >= 0.3 is 18.2 Å². The van der Waals surface area contributed by atoms with Gasteiger partial charge in [0.2, 0.25) is 10.9 Å². The Morgan fingerprint density at radius 3 is 2.72 bits per heavy atom. The number of rotatable bonds is 11. The van der Waals surface area contributed by atoms with E-state index in [1.807, 2.05) is 0 Å². The van der Waals surface area contributed by atoms with Gasteiger partial charge in [-0.1, -0.05) is 11.8 Å². The average molecular weight is 573 g/mol. The van der Waals surface area contributed by atoms with Crippen molar-refractivity contribution in [3.8, 4) is 0 Å². The number of aliphatic carboxylic acids is 1. The molecule has 0 aliphatic carbocycles. The molecule has 0 saturated carbocycles. The fourth-order valence-electron chi connectivity index (χ4n) is 3.27. The second kappa shape index (κ2) is 11.6. The Labute approximate surface area is 212 Å². The van der Waals surface area contributed by atoms with Gasteiger partial charge in [0.1, 0.15) is 17.1 Å². The molecule has 2 aliphatic rings. The Bertz CT molecular complexity index is 1070. The number of nitrogens with one attached hydrogen (secondary N) is 2. The van der Waals surface area contributed by atoms with E-state index in [-0.39, 0.29) is 30.3 Å². The van der Waals surface area contributed by atoms with Gasteiger partial charge in [0.15, 0.2) is 5.75 Å². The molecule has 2 unspecified atom stereocenters. The first-order valence-electron chi connectivity index (χ1n) is 9.90. The SMILES string of the molecule is NC(=O)NCCn1nnnc1SCC1=C(C(=O)O)N2C(=O)C(NC(=O)C[S+]([O-])CC(F)(F)F)[C@H]2SC1. The number of tetrazole rings is 1. The number of carboxylic acids is 1. The van der Waals surface area contributed by atoms with Crippen molar-refractivity contribution in [2.24, 2.45) is 5.73 Å². The lowest BCUT2D eigenvalue weighted by Gasteiger charge is -2.49. The number of nitrogens with two attached hydrogens (primary N) is 1. The Morgan fingerprint density at radius 2 is 2.08 bits per heavy atom. The highest BCUT2D eigenvalue weighted by molar-refractivity contribution is 8.01. The summed E-state index contributed by atoms with van der Waals surface area (Å²) >= 11 is -0.229. The summed E-state index contributed by atoms with van der Waals surface area (Å²) in [6, 6.07) is -1.87. The van der Waals surface area contributed by atoms with Crippen LogP contribution in [0, 0.1) is 0 Å². The highest BCUT2D eigenvalue weighted by atomic mass is 32.2. The number of amides is 4. The Kier molecular flexibility index (Phi) is 8.95. The predicted molar refractivity (Wildman–Crippen MR) is 120 cm³/mol. The number of carbonyl (C=O) groups excluding carboxylic acids is 3. The number of nitrogens with zero attached hydrogens (tertiary/aromatic N) is 5. The number of carboxylic acid groups (broad SMARTS) is 1. The molecule has 1 aromatic heterocycles. The molecule has 0 radical (unpaired) electrons. The summed E-state index contributed by atoms with van der Waals surface area (Å²) in [7, 11) is 0. The van der Waals surface area contributed by atoms with Crippen LogP contribution in [0.2, 0.25) is 0 Å². The third-order valence-electron chi connectivity index (χ3n) is 4.68. The Morgan fingerprint density at radius 1 is 1.36 bits per heavy atom. The number of hydrogen-bond acceptors (Lipinski definition) is 10. The number of halogens is 3. The van der Waals surface area contributed by atoms with Gasteiger partial charge in [-0.25, -0.2) is 14.3 Å². The monoisotopic (exact) mass is 572 g/mol. The lowest BCUT2D eigenvalue weighted by Crippen LogP contribution is -2.71. The molecule has 1 aromatic rings. The van der Waals surface area contributed by atoms with Crippen LogP contribution in [-0.2, 0) is 32.1 Å². The maximum Gasteiger partial charge on any atom is 0.433 e. The van der Waals surface area contributed by atoms with Crippen molar-refractivity contribution >= 4 is 58.5 Å². The van der Waals surface area contributed by atoms with Crippen molar-refractivity contribution in [1.29, 1.82) is 0 Å². The van der Waals surface area contributed by atoms with E-state index in [9.17, 15) is 42.0 Å². The summed E-state index contributed by atoms with van der Waals surface area (Å²) in [6.07, 6.45) is -4.70. The van der Waals surface area contributed by atoms with Gasteiger partial charge < -0.3 is 26.0 Å². The molecule has 1 saturated heterocycles. The standard InChI is InChI=1S/C16H19F3N8O6S3/c17-16(18,19)6-36(33)5-8(28)22-9-11(29)27-10(13(30)31)7(3-34-12(9)27)4-35-15-23-24-25-26(15)2-1-21-14(20)32/h9,12H,1-6H2,(H,22,28)(H,30,31)(H3,20,21,32)/t9?,12-,36?/m1/s1. The van der Waals surface area contributed by atoms with E-state index in [1.165, 1.54) is 4.68 Å². The fourth-order valence-corrected chi connectivity index (χ4v) is 6.50. The normalized spacial score (nSPS) is 20.4. The van der Waals surface area contributed by atoms with Crippen molar-refractivity contribution in [1.82, 2.24) is 35.7 Å². The molecule has 3 heterocycles. The van der Waals surface area contributed by atoms with E-state index in [0.29, 0.717) is 10.7 Å². The lowest BCUT2D eigenvalue weighted by atomic mass is 10.0. The molecule has 36 heavy (non-hydrogen) atoms. The third kappa shape index (κ3) is 6.95. The molecular weight excluding hydrogens is 553 g/mol. The molecule has 14 nitrogen and oxygen atoms in total. The van der Waals surface area contributed by atoms with E-state index < -0.39 is 64.1 Å². The fraction of sp³-hybridized carbons (Fsp3) is 0.562. The summed E-state index contributed by atoms with van der Waals surface area (Å²) in [6.45, 7) is 0.368. The number of carbonyl (C=O) groups is 4. The average Bonchev–Trinajstić information content (AvgIpc) is 3.20. The van der Waals surface area contributed by atoms with Crippen molar-refractivity contribution in [3.05, 3.63) is 11.3 Å². The molecule has 0 aromatic carbocycles. The number of alkyl halides is 3. The maximum atomic E-state index is 12.6. The zero-order chi connectivity index (χ0) is 26.6. The molecule has 3 atom stereocenters. The van der Waals surface area contributed by atoms with Crippen molar-refractivity contribution in [3.63, 3.8) is 0 Å². The molecule has 0 spiro atoms.